The molecule has 0 aliphatic heterocycles. The average Bonchev–Trinajstić information content (AvgIpc) is 1.84. The van der Waals surface area contributed by atoms with E-state index in [1.165, 1.54) is 5.57 Å². The summed E-state index contributed by atoms with van der Waals surface area (Å²) in [5, 5.41) is 0. The zero-order valence-corrected chi connectivity index (χ0v) is 7.60. The van der Waals surface area contributed by atoms with Crippen molar-refractivity contribution in [1.82, 2.24) is 0 Å². The fourth-order valence-corrected chi connectivity index (χ4v) is 0.781. The smallest absolute Gasteiger partial charge is 0.0757 e. The molecule has 0 aliphatic carbocycles. The first-order chi connectivity index (χ1) is 3.72. The minimum atomic E-state index is 0.270. The summed E-state index contributed by atoms with van der Waals surface area (Å²) in [6.07, 6.45) is 0.270. The Kier molecular flexibility index (Phi) is 4.56. The van der Waals surface area contributed by atoms with E-state index in [0.29, 0.717) is 0 Å². The second-order valence-corrected chi connectivity index (χ2v) is 2.35. The van der Waals surface area contributed by atoms with E-state index in [1.807, 2.05) is 11.0 Å². The molecule has 0 spiro atoms. The zero-order chi connectivity index (χ0) is 6.57. The lowest BCUT2D eigenvalue weighted by Gasteiger charge is -2.07. The maximum Gasteiger partial charge on any atom is 0.0757 e. The minimum absolute atomic E-state index is 0.270. The van der Waals surface area contributed by atoms with Crippen molar-refractivity contribution in [3.8, 4) is 0 Å². The number of halogens is 1. The Balaban J connectivity index is 3.63. The van der Waals surface area contributed by atoms with E-state index in [-0.39, 0.29) is 6.10 Å². The molecule has 0 fully saturated rings. The Bertz CT molecular complexity index is 88.5. The van der Waals surface area contributed by atoms with Crippen molar-refractivity contribution in [3.05, 3.63) is 9.66 Å². The Morgan fingerprint density at radius 3 is 2.38 bits per heavy atom. The highest BCUT2D eigenvalue weighted by molar-refractivity contribution is 14.1. The maximum absolute atomic E-state index is 5.03. The first-order valence-corrected chi connectivity index (χ1v) is 3.76. The summed E-state index contributed by atoms with van der Waals surface area (Å²) in [6.45, 7) is 4.09. The molecule has 2 heteroatoms. The summed E-state index contributed by atoms with van der Waals surface area (Å²) in [4.78, 5) is 0. The van der Waals surface area contributed by atoms with Crippen LogP contribution in [0.4, 0.5) is 0 Å². The molecule has 0 rings (SSSR count). The quantitative estimate of drug-likeness (QED) is 0.656. The predicted octanol–water partition coefficient (Wildman–Crippen LogP) is 2.36. The number of rotatable bonds is 2. The van der Waals surface area contributed by atoms with Crippen molar-refractivity contribution in [3.63, 3.8) is 0 Å². The van der Waals surface area contributed by atoms with Gasteiger partial charge < -0.3 is 4.74 Å². The molecule has 8 heavy (non-hydrogen) atoms. The van der Waals surface area contributed by atoms with Crippen LogP contribution in [-0.4, -0.2) is 13.2 Å². The highest BCUT2D eigenvalue weighted by Crippen LogP contribution is 2.05. The lowest BCUT2D eigenvalue weighted by Crippen LogP contribution is -2.04. The first-order valence-electron chi connectivity index (χ1n) is 2.52. The molecular weight excluding hydrogens is 215 g/mol. The van der Waals surface area contributed by atoms with E-state index < -0.39 is 0 Å². The Morgan fingerprint density at radius 2 is 2.25 bits per heavy atom. The highest BCUT2D eigenvalue weighted by atomic mass is 127. The van der Waals surface area contributed by atoms with Crippen molar-refractivity contribution < 1.29 is 4.74 Å². The molecule has 0 N–H and O–H groups in total. The Morgan fingerprint density at radius 1 is 1.75 bits per heavy atom. The molecule has 0 aromatic carbocycles. The van der Waals surface area contributed by atoms with Gasteiger partial charge in [-0.05, 0) is 23.5 Å². The SMILES string of the molecule is CO[C@H](C)/C(C)=C\I. The van der Waals surface area contributed by atoms with Gasteiger partial charge in [-0.15, -0.1) is 0 Å². The van der Waals surface area contributed by atoms with E-state index >= 15 is 0 Å². The standard InChI is InChI=1S/C6H11IO/c1-5(4-7)6(2)8-3/h4,6H,1-3H3/b5-4-/t6-/m1/s1. The lowest BCUT2D eigenvalue weighted by atomic mass is 10.2. The molecule has 1 nitrogen and oxygen atoms in total. The van der Waals surface area contributed by atoms with Crippen molar-refractivity contribution in [2.45, 2.75) is 20.0 Å². The predicted molar refractivity (Wildman–Crippen MR) is 44.2 cm³/mol. The van der Waals surface area contributed by atoms with Crippen LogP contribution in [0.2, 0.25) is 0 Å². The summed E-state index contributed by atoms with van der Waals surface area (Å²) in [5.74, 6) is 0. The zero-order valence-electron chi connectivity index (χ0n) is 5.44. The number of methoxy groups -OCH3 is 1. The third-order valence-corrected chi connectivity index (χ3v) is 2.15. The first kappa shape index (κ1) is 8.43. The number of hydrogen-bond donors (Lipinski definition) is 0. The Labute approximate surface area is 64.2 Å². The molecule has 0 aliphatic rings. The molecule has 0 bridgehead atoms. The van der Waals surface area contributed by atoms with Crippen LogP contribution >= 0.6 is 22.6 Å². The van der Waals surface area contributed by atoms with E-state index in [1.54, 1.807) is 7.11 Å². The summed E-state index contributed by atoms with van der Waals surface area (Å²) in [7, 11) is 1.72. The van der Waals surface area contributed by atoms with Crippen LogP contribution < -0.4 is 0 Å². The van der Waals surface area contributed by atoms with Crippen LogP contribution in [-0.2, 0) is 4.74 Å². The molecule has 0 amide bonds. The molecule has 0 saturated heterocycles. The van der Waals surface area contributed by atoms with Gasteiger partial charge in [-0.2, -0.15) is 0 Å². The third-order valence-electron chi connectivity index (χ3n) is 1.17. The van der Waals surface area contributed by atoms with Gasteiger partial charge in [0.05, 0.1) is 6.10 Å². The summed E-state index contributed by atoms with van der Waals surface area (Å²) >= 11 is 2.21. The third kappa shape index (κ3) is 2.67. The maximum atomic E-state index is 5.03. The largest absolute Gasteiger partial charge is 0.377 e. The minimum Gasteiger partial charge on any atom is -0.377 e. The number of ether oxygens (including phenoxy) is 1. The van der Waals surface area contributed by atoms with Gasteiger partial charge in [-0.1, -0.05) is 22.6 Å². The summed E-state index contributed by atoms with van der Waals surface area (Å²) in [5.41, 5.74) is 1.27. The molecule has 0 aromatic heterocycles. The van der Waals surface area contributed by atoms with Gasteiger partial charge in [0.25, 0.3) is 0 Å². The Hall–Kier alpha value is 0.430. The van der Waals surface area contributed by atoms with Crippen LogP contribution in [0.3, 0.4) is 0 Å². The van der Waals surface area contributed by atoms with Gasteiger partial charge in [0.15, 0.2) is 0 Å². The molecule has 48 valence electrons. The average molecular weight is 226 g/mol. The molecule has 1 atom stereocenters. The molecule has 0 aromatic rings. The van der Waals surface area contributed by atoms with Crippen LogP contribution in [0, 0.1) is 0 Å². The van der Waals surface area contributed by atoms with E-state index in [0.717, 1.165) is 0 Å². The molecule has 0 unspecified atom stereocenters. The highest BCUT2D eigenvalue weighted by Gasteiger charge is 1.97. The fraction of sp³-hybridized carbons (Fsp3) is 0.667. The summed E-state index contributed by atoms with van der Waals surface area (Å²) in [6, 6.07) is 0. The van der Waals surface area contributed by atoms with E-state index in [9.17, 15) is 0 Å². The van der Waals surface area contributed by atoms with Gasteiger partial charge in [0.1, 0.15) is 0 Å². The number of hydrogen-bond acceptors (Lipinski definition) is 1. The molecule has 0 heterocycles. The second-order valence-electron chi connectivity index (χ2n) is 1.73. The van der Waals surface area contributed by atoms with Gasteiger partial charge in [0, 0.05) is 7.11 Å². The van der Waals surface area contributed by atoms with Gasteiger partial charge in [0.2, 0.25) is 0 Å². The van der Waals surface area contributed by atoms with Crippen LogP contribution in [0.25, 0.3) is 0 Å². The van der Waals surface area contributed by atoms with Crippen LogP contribution in [0.1, 0.15) is 13.8 Å². The van der Waals surface area contributed by atoms with Gasteiger partial charge in [-0.25, -0.2) is 0 Å². The van der Waals surface area contributed by atoms with Crippen LogP contribution in [0.5, 0.6) is 0 Å². The fourth-order valence-electron chi connectivity index (χ4n) is 0.275. The topological polar surface area (TPSA) is 9.23 Å². The normalized spacial score (nSPS) is 16.2. The molecule has 0 radical (unpaired) electrons. The monoisotopic (exact) mass is 226 g/mol. The van der Waals surface area contributed by atoms with Crippen molar-refractivity contribution in [1.29, 1.82) is 0 Å². The van der Waals surface area contributed by atoms with Gasteiger partial charge >= 0.3 is 0 Å². The van der Waals surface area contributed by atoms with E-state index in [4.69, 9.17) is 4.74 Å². The van der Waals surface area contributed by atoms with Crippen LogP contribution in [0.15, 0.2) is 9.66 Å². The van der Waals surface area contributed by atoms with E-state index in [2.05, 4.69) is 29.5 Å². The molecule has 0 saturated carbocycles. The van der Waals surface area contributed by atoms with Crippen molar-refractivity contribution >= 4 is 22.6 Å². The second kappa shape index (κ2) is 4.32. The van der Waals surface area contributed by atoms with Crippen molar-refractivity contribution in [2.24, 2.45) is 0 Å². The molecular formula is C6H11IO. The van der Waals surface area contributed by atoms with Gasteiger partial charge in [-0.3, -0.25) is 0 Å². The van der Waals surface area contributed by atoms with Crippen molar-refractivity contribution in [2.75, 3.05) is 7.11 Å². The summed E-state index contributed by atoms with van der Waals surface area (Å²) < 4.78 is 7.06. The lowest BCUT2D eigenvalue weighted by molar-refractivity contribution is 0.147.